The summed E-state index contributed by atoms with van der Waals surface area (Å²) >= 11 is 0. The first-order valence-electron chi connectivity index (χ1n) is 7.44. The fourth-order valence-corrected chi connectivity index (χ4v) is 2.60. The maximum Gasteiger partial charge on any atom is 0.222 e. The summed E-state index contributed by atoms with van der Waals surface area (Å²) in [5.74, 6) is 0.607. The highest BCUT2D eigenvalue weighted by atomic mass is 32.2. The van der Waals surface area contributed by atoms with Crippen molar-refractivity contribution in [2.45, 2.75) is 26.0 Å². The first-order chi connectivity index (χ1) is 11.0. The third-order valence-electron chi connectivity index (χ3n) is 3.29. The topological polar surface area (TPSA) is 87.7 Å². The fourth-order valence-electron chi connectivity index (χ4n) is 2.21. The van der Waals surface area contributed by atoms with Crippen LogP contribution in [0.3, 0.4) is 0 Å². The summed E-state index contributed by atoms with van der Waals surface area (Å²) in [7, 11) is -2.73. The molecule has 0 bridgehead atoms. The van der Waals surface area contributed by atoms with Crippen LogP contribution in [0.1, 0.15) is 13.8 Å². The van der Waals surface area contributed by atoms with E-state index in [1.807, 2.05) is 38.1 Å². The predicted octanol–water partition coefficient (Wildman–Crippen LogP) is 1.52. The number of fused-ring (bicyclic) bond motifs is 1. The lowest BCUT2D eigenvalue weighted by molar-refractivity contribution is 0.105. The summed E-state index contributed by atoms with van der Waals surface area (Å²) in [6, 6.07) is 11.0. The molecule has 6 nitrogen and oxygen atoms in total. The number of hydrogen-bond donors (Lipinski definition) is 4. The van der Waals surface area contributed by atoms with Crippen molar-refractivity contribution in [1.29, 1.82) is 0 Å². The number of hydrogen-bond acceptors (Lipinski definition) is 5. The van der Waals surface area contributed by atoms with Crippen LogP contribution < -0.4 is 14.8 Å². The minimum Gasteiger partial charge on any atom is -0.490 e. The van der Waals surface area contributed by atoms with Crippen molar-refractivity contribution in [2.24, 2.45) is 0 Å². The Kier molecular flexibility index (Phi) is 6.20. The lowest BCUT2D eigenvalue weighted by Gasteiger charge is -2.16. The van der Waals surface area contributed by atoms with Gasteiger partial charge in [-0.25, -0.2) is 8.42 Å². The van der Waals surface area contributed by atoms with E-state index < -0.39 is 17.0 Å². The number of aliphatic hydroxyl groups is 1. The quantitative estimate of drug-likeness (QED) is 0.548. The number of ether oxygens (including phenoxy) is 1. The normalized spacial score (nSPS) is 12.7. The van der Waals surface area contributed by atoms with E-state index in [9.17, 15) is 13.5 Å². The molecule has 0 fully saturated rings. The highest BCUT2D eigenvalue weighted by Crippen LogP contribution is 2.31. The van der Waals surface area contributed by atoms with Crippen LogP contribution in [0.25, 0.3) is 10.8 Å². The van der Waals surface area contributed by atoms with Gasteiger partial charge in [-0.2, -0.15) is 0 Å². The van der Waals surface area contributed by atoms with Gasteiger partial charge in [-0.3, -0.25) is 4.72 Å². The van der Waals surface area contributed by atoms with Gasteiger partial charge in [-0.15, -0.1) is 0 Å². The first-order valence-corrected chi connectivity index (χ1v) is 8.62. The minimum absolute atomic E-state index is 0.159. The average Bonchev–Trinajstić information content (AvgIpc) is 2.51. The lowest BCUT2D eigenvalue weighted by Crippen LogP contribution is -2.35. The molecule has 0 aliphatic rings. The van der Waals surface area contributed by atoms with Gasteiger partial charge < -0.3 is 15.2 Å². The van der Waals surface area contributed by atoms with Crippen LogP contribution in [-0.4, -0.2) is 38.8 Å². The standard InChI is InChI=1S/C16H22N2O4S/c1-11(2)17-9-12(19)10-22-16-8-7-15(18-23(20)21)13-5-3-4-6-14(13)16/h3-8,11-12,17,19,23H,9-10H2,1-2H3,(H,18,20,21). The van der Waals surface area contributed by atoms with Gasteiger partial charge in [0.25, 0.3) is 0 Å². The summed E-state index contributed by atoms with van der Waals surface area (Å²) < 4.78 is 29.9. The molecule has 0 heterocycles. The van der Waals surface area contributed by atoms with Crippen molar-refractivity contribution in [1.82, 2.24) is 5.32 Å². The Hall–Kier alpha value is -1.83. The Bertz CT molecular complexity index is 723. The number of aliphatic hydroxyl groups excluding tert-OH is 1. The number of anilines is 1. The van der Waals surface area contributed by atoms with Crippen LogP contribution >= 0.6 is 0 Å². The second-order valence-electron chi connectivity index (χ2n) is 5.55. The number of thiol groups is 1. The number of rotatable bonds is 8. The monoisotopic (exact) mass is 338 g/mol. The zero-order valence-corrected chi connectivity index (χ0v) is 14.0. The van der Waals surface area contributed by atoms with Gasteiger partial charge in [0.1, 0.15) is 18.5 Å². The summed E-state index contributed by atoms with van der Waals surface area (Å²) in [5, 5.41) is 14.6. The maximum atomic E-state index is 10.9. The summed E-state index contributed by atoms with van der Waals surface area (Å²) in [6.45, 7) is 4.62. The predicted molar refractivity (Wildman–Crippen MR) is 92.5 cm³/mol. The van der Waals surface area contributed by atoms with Crippen molar-refractivity contribution in [3.05, 3.63) is 36.4 Å². The van der Waals surface area contributed by atoms with Crippen molar-refractivity contribution in [3.63, 3.8) is 0 Å². The molecule has 0 spiro atoms. The smallest absolute Gasteiger partial charge is 0.222 e. The molecule has 0 aliphatic carbocycles. The van der Waals surface area contributed by atoms with E-state index in [0.29, 0.717) is 24.0 Å². The summed E-state index contributed by atoms with van der Waals surface area (Å²) in [4.78, 5) is 0. The highest BCUT2D eigenvalue weighted by Gasteiger charge is 2.10. The molecule has 23 heavy (non-hydrogen) atoms. The number of nitrogens with one attached hydrogen (secondary N) is 2. The largest absolute Gasteiger partial charge is 0.490 e. The Morgan fingerprint density at radius 1 is 1.13 bits per heavy atom. The van der Waals surface area contributed by atoms with Gasteiger partial charge in [0.05, 0.1) is 5.69 Å². The zero-order valence-electron chi connectivity index (χ0n) is 13.2. The van der Waals surface area contributed by atoms with Gasteiger partial charge in [-0.1, -0.05) is 38.1 Å². The molecule has 0 saturated heterocycles. The van der Waals surface area contributed by atoms with E-state index in [0.717, 1.165) is 10.8 Å². The molecule has 0 amide bonds. The number of benzene rings is 2. The van der Waals surface area contributed by atoms with Crippen molar-refractivity contribution in [3.8, 4) is 5.75 Å². The van der Waals surface area contributed by atoms with Crippen LogP contribution in [0, 0.1) is 0 Å². The van der Waals surface area contributed by atoms with E-state index >= 15 is 0 Å². The first kappa shape index (κ1) is 17.5. The third kappa shape index (κ3) is 5.09. The maximum absolute atomic E-state index is 10.9. The van der Waals surface area contributed by atoms with E-state index in [4.69, 9.17) is 4.74 Å². The Morgan fingerprint density at radius 3 is 2.48 bits per heavy atom. The SMILES string of the molecule is CC(C)NCC(O)COc1ccc(N[SH](=O)=O)c2ccccc12. The molecule has 0 aliphatic heterocycles. The van der Waals surface area contributed by atoms with Crippen LogP contribution in [-0.2, 0) is 10.9 Å². The molecule has 0 radical (unpaired) electrons. The second-order valence-corrected chi connectivity index (χ2v) is 6.29. The van der Waals surface area contributed by atoms with Crippen molar-refractivity contribution >= 4 is 27.4 Å². The van der Waals surface area contributed by atoms with Gasteiger partial charge in [0.15, 0.2) is 0 Å². The van der Waals surface area contributed by atoms with E-state index in [-0.39, 0.29) is 6.61 Å². The van der Waals surface area contributed by atoms with E-state index in [1.165, 1.54) is 0 Å². The second kappa shape index (κ2) is 8.14. The minimum atomic E-state index is -2.73. The molecule has 0 saturated carbocycles. The molecular formula is C16H22N2O4S. The molecular weight excluding hydrogens is 316 g/mol. The van der Waals surface area contributed by atoms with Crippen LogP contribution in [0.15, 0.2) is 36.4 Å². The van der Waals surface area contributed by atoms with Gasteiger partial charge in [0, 0.05) is 23.4 Å². The molecule has 2 rings (SSSR count). The zero-order chi connectivity index (χ0) is 16.8. The molecule has 7 heteroatoms. The van der Waals surface area contributed by atoms with E-state index in [2.05, 4.69) is 10.0 Å². The molecule has 126 valence electrons. The third-order valence-corrected chi connectivity index (χ3v) is 3.71. The van der Waals surface area contributed by atoms with E-state index in [1.54, 1.807) is 12.1 Å². The summed E-state index contributed by atoms with van der Waals surface area (Å²) in [6.07, 6.45) is -0.620. The Labute approximate surface area is 137 Å². The van der Waals surface area contributed by atoms with Crippen LogP contribution in [0.2, 0.25) is 0 Å². The Morgan fingerprint density at radius 2 is 1.83 bits per heavy atom. The lowest BCUT2D eigenvalue weighted by atomic mass is 10.1. The van der Waals surface area contributed by atoms with Crippen LogP contribution in [0.4, 0.5) is 5.69 Å². The van der Waals surface area contributed by atoms with Gasteiger partial charge in [-0.05, 0) is 12.1 Å². The van der Waals surface area contributed by atoms with Gasteiger partial charge in [0.2, 0.25) is 10.9 Å². The molecule has 1 unspecified atom stereocenters. The molecule has 2 aromatic rings. The fraction of sp³-hybridized carbons (Fsp3) is 0.375. The average molecular weight is 338 g/mol. The van der Waals surface area contributed by atoms with Crippen molar-refractivity contribution < 1.29 is 18.3 Å². The van der Waals surface area contributed by atoms with Crippen molar-refractivity contribution in [2.75, 3.05) is 17.9 Å². The van der Waals surface area contributed by atoms with Crippen LogP contribution in [0.5, 0.6) is 5.75 Å². The summed E-state index contributed by atoms with van der Waals surface area (Å²) in [5.41, 5.74) is 0.506. The molecule has 2 aromatic carbocycles. The molecule has 0 aromatic heterocycles. The molecule has 3 N–H and O–H groups in total. The molecule has 1 atom stereocenters. The Balaban J connectivity index is 2.15. The van der Waals surface area contributed by atoms with Gasteiger partial charge >= 0.3 is 0 Å². The highest BCUT2D eigenvalue weighted by molar-refractivity contribution is 7.73.